The molecule has 0 aliphatic carbocycles. The molecule has 0 amide bonds. The second-order valence-corrected chi connectivity index (χ2v) is 13.4. The fraction of sp³-hybridized carbons (Fsp3) is 0.0208. The zero-order chi connectivity index (χ0) is 34.2. The van der Waals surface area contributed by atoms with Crippen LogP contribution in [0.25, 0.3) is 49.9 Å². The number of aromatic nitrogens is 2. The van der Waals surface area contributed by atoms with E-state index >= 15 is 0 Å². The Kier molecular flexibility index (Phi) is 6.13. The first kappa shape index (κ1) is 28.9. The molecule has 0 fully saturated rings. The van der Waals surface area contributed by atoms with E-state index < -0.39 is 5.41 Å². The third-order valence-corrected chi connectivity index (χ3v) is 10.8. The lowest BCUT2D eigenvalue weighted by atomic mass is 9.62. The van der Waals surface area contributed by atoms with Crippen molar-refractivity contribution in [3.63, 3.8) is 0 Å². The number of hydrogen-bond acceptors (Lipinski definition) is 3. The lowest BCUT2D eigenvalue weighted by molar-refractivity contribution is 0.400. The topological polar surface area (TPSA) is 36.3 Å². The van der Waals surface area contributed by atoms with Gasteiger partial charge in [-0.3, -0.25) is 4.98 Å². The molecular weight excluding hydrogens is 637 g/mol. The van der Waals surface area contributed by atoms with Crippen molar-refractivity contribution in [1.29, 1.82) is 0 Å². The van der Waals surface area contributed by atoms with E-state index in [1.165, 1.54) is 16.3 Å². The summed E-state index contributed by atoms with van der Waals surface area (Å²) >= 11 is 0. The highest BCUT2D eigenvalue weighted by atomic mass is 16.5. The first-order valence-electron chi connectivity index (χ1n) is 17.6. The molecule has 52 heavy (non-hydrogen) atoms. The van der Waals surface area contributed by atoms with E-state index in [0.717, 1.165) is 78.8 Å². The molecule has 7 aromatic carbocycles. The molecule has 244 valence electrons. The van der Waals surface area contributed by atoms with Gasteiger partial charge in [0.2, 0.25) is 0 Å². The fourth-order valence-corrected chi connectivity index (χ4v) is 8.69. The molecule has 0 saturated carbocycles. The van der Waals surface area contributed by atoms with Crippen LogP contribution < -0.4 is 9.47 Å². The Morgan fingerprint density at radius 2 is 1.12 bits per heavy atom. The molecule has 0 saturated heterocycles. The largest absolute Gasteiger partial charge is 0.457 e. The predicted molar refractivity (Wildman–Crippen MR) is 208 cm³/mol. The summed E-state index contributed by atoms with van der Waals surface area (Å²) < 4.78 is 16.3. The van der Waals surface area contributed by atoms with Crippen molar-refractivity contribution in [1.82, 2.24) is 9.55 Å². The lowest BCUT2D eigenvalue weighted by Crippen LogP contribution is -2.37. The highest BCUT2D eigenvalue weighted by Gasteiger charge is 2.51. The summed E-state index contributed by atoms with van der Waals surface area (Å²) in [7, 11) is 0. The third-order valence-electron chi connectivity index (χ3n) is 10.8. The van der Waals surface area contributed by atoms with Gasteiger partial charge in [-0.15, -0.1) is 0 Å². The maximum atomic E-state index is 7.11. The van der Waals surface area contributed by atoms with Crippen LogP contribution >= 0.6 is 0 Å². The van der Waals surface area contributed by atoms with Crippen molar-refractivity contribution in [3.05, 3.63) is 204 Å². The van der Waals surface area contributed by atoms with Crippen molar-refractivity contribution >= 4 is 21.8 Å². The van der Waals surface area contributed by atoms with Gasteiger partial charge in [0.15, 0.2) is 0 Å². The predicted octanol–water partition coefficient (Wildman–Crippen LogP) is 12.1. The van der Waals surface area contributed by atoms with Crippen LogP contribution in [0.5, 0.6) is 23.0 Å². The van der Waals surface area contributed by atoms with Gasteiger partial charge in [0.25, 0.3) is 0 Å². The summed E-state index contributed by atoms with van der Waals surface area (Å²) in [4.78, 5) is 4.65. The minimum Gasteiger partial charge on any atom is -0.457 e. The molecule has 2 aliphatic rings. The molecule has 1 unspecified atom stereocenters. The number of pyridine rings is 1. The van der Waals surface area contributed by atoms with Crippen molar-refractivity contribution in [3.8, 4) is 51.1 Å². The van der Waals surface area contributed by atoms with Gasteiger partial charge in [-0.1, -0.05) is 121 Å². The van der Waals surface area contributed by atoms with E-state index in [9.17, 15) is 0 Å². The van der Waals surface area contributed by atoms with E-state index in [4.69, 9.17) is 9.47 Å². The van der Waals surface area contributed by atoms with E-state index in [0.29, 0.717) is 0 Å². The Hall–Kier alpha value is -6.91. The van der Waals surface area contributed by atoms with Gasteiger partial charge < -0.3 is 14.0 Å². The summed E-state index contributed by atoms with van der Waals surface area (Å²) in [6, 6.07) is 62.0. The molecule has 0 radical (unpaired) electrons. The van der Waals surface area contributed by atoms with E-state index in [1.807, 2.05) is 30.5 Å². The van der Waals surface area contributed by atoms with Crippen LogP contribution in [-0.2, 0) is 5.41 Å². The highest BCUT2D eigenvalue weighted by molar-refractivity contribution is 6.16. The Morgan fingerprint density at radius 3 is 1.94 bits per heavy atom. The van der Waals surface area contributed by atoms with Gasteiger partial charge >= 0.3 is 0 Å². The number of rotatable bonds is 3. The first-order valence-corrected chi connectivity index (χ1v) is 17.6. The molecule has 2 aliphatic heterocycles. The average molecular weight is 667 g/mol. The van der Waals surface area contributed by atoms with Crippen molar-refractivity contribution < 1.29 is 9.47 Å². The van der Waals surface area contributed by atoms with E-state index in [-0.39, 0.29) is 0 Å². The third kappa shape index (κ3) is 3.95. The number of ether oxygens (including phenoxy) is 2. The maximum absolute atomic E-state index is 7.11. The average Bonchev–Trinajstić information content (AvgIpc) is 3.56. The van der Waals surface area contributed by atoms with Crippen LogP contribution in [0.1, 0.15) is 22.3 Å². The lowest BCUT2D eigenvalue weighted by Gasteiger charge is -2.45. The van der Waals surface area contributed by atoms with Crippen LogP contribution in [-0.4, -0.2) is 9.55 Å². The molecule has 4 heterocycles. The maximum Gasteiger partial charge on any atom is 0.140 e. The van der Waals surface area contributed by atoms with Crippen LogP contribution in [0.2, 0.25) is 0 Å². The summed E-state index contributed by atoms with van der Waals surface area (Å²) in [5, 5.41) is 2.39. The number of fused-ring (bicyclic) bond motifs is 11. The first-order chi connectivity index (χ1) is 25.8. The molecule has 0 N–H and O–H groups in total. The van der Waals surface area contributed by atoms with Crippen molar-refractivity contribution in [2.75, 3.05) is 0 Å². The Morgan fingerprint density at radius 1 is 0.462 bits per heavy atom. The number of benzene rings is 7. The molecule has 4 nitrogen and oxygen atoms in total. The molecule has 1 spiro atoms. The quantitative estimate of drug-likeness (QED) is 0.188. The second-order valence-electron chi connectivity index (χ2n) is 13.4. The summed E-state index contributed by atoms with van der Waals surface area (Å²) in [6.07, 6.45) is 1.83. The Bertz CT molecular complexity index is 2850. The Balaban J connectivity index is 1.23. The molecule has 0 bridgehead atoms. The molecule has 9 aromatic rings. The molecule has 2 aromatic heterocycles. The summed E-state index contributed by atoms with van der Waals surface area (Å²) in [5.41, 5.74) is 11.1. The second kappa shape index (κ2) is 11.0. The van der Waals surface area contributed by atoms with Crippen LogP contribution in [0.4, 0.5) is 0 Å². The van der Waals surface area contributed by atoms with E-state index in [1.54, 1.807) is 0 Å². The number of hydrogen-bond donors (Lipinski definition) is 0. The normalized spacial score (nSPS) is 15.3. The number of nitrogens with zero attached hydrogens (tertiary/aromatic N) is 2. The summed E-state index contributed by atoms with van der Waals surface area (Å²) in [5.74, 6) is 3.32. The van der Waals surface area contributed by atoms with Gasteiger partial charge in [0.05, 0.1) is 22.1 Å². The standard InChI is InChI=1S/C48H30N2O2/c1-2-14-32(15-3-1)50-41-23-7-4-16-35(41)46-33(17-13-24-42(46)50)34-18-12-21-39-47(34)52-44-26-9-6-20-37(44)48(39)36-19-5-8-25-43(36)51-45-30-31(27-28-38(45)48)40-22-10-11-29-49-40/h1-30H. The Labute approximate surface area is 300 Å². The van der Waals surface area contributed by atoms with Gasteiger partial charge in [0, 0.05) is 56.0 Å². The van der Waals surface area contributed by atoms with Crippen LogP contribution in [0, 0.1) is 0 Å². The zero-order valence-electron chi connectivity index (χ0n) is 28.0. The van der Waals surface area contributed by atoms with Crippen molar-refractivity contribution in [2.24, 2.45) is 0 Å². The molecule has 11 rings (SSSR count). The van der Waals surface area contributed by atoms with Gasteiger partial charge in [-0.05, 0) is 60.2 Å². The monoisotopic (exact) mass is 666 g/mol. The fourth-order valence-electron chi connectivity index (χ4n) is 8.69. The minimum atomic E-state index is -0.709. The van der Waals surface area contributed by atoms with Crippen LogP contribution in [0.3, 0.4) is 0 Å². The zero-order valence-corrected chi connectivity index (χ0v) is 28.0. The number of para-hydroxylation sites is 5. The van der Waals surface area contributed by atoms with E-state index in [2.05, 4.69) is 161 Å². The molecule has 1 atom stereocenters. The minimum absolute atomic E-state index is 0.709. The highest BCUT2D eigenvalue weighted by Crippen LogP contribution is 2.63. The van der Waals surface area contributed by atoms with Crippen molar-refractivity contribution in [2.45, 2.75) is 5.41 Å². The van der Waals surface area contributed by atoms with Gasteiger partial charge in [-0.2, -0.15) is 0 Å². The smallest absolute Gasteiger partial charge is 0.140 e. The SMILES string of the molecule is c1ccc(-n2c3ccccc3c3c(-c4cccc5c4Oc4ccccc4C54c5ccccc5Oc5cc(-c6ccccn6)ccc54)cccc32)cc1. The molecule has 4 heteroatoms. The summed E-state index contributed by atoms with van der Waals surface area (Å²) in [6.45, 7) is 0. The van der Waals surface area contributed by atoms with Gasteiger partial charge in [0.1, 0.15) is 23.0 Å². The molecular formula is C48H30N2O2. The van der Waals surface area contributed by atoms with Gasteiger partial charge in [-0.25, -0.2) is 0 Å². The van der Waals surface area contributed by atoms with Crippen LogP contribution in [0.15, 0.2) is 182 Å².